The molecule has 5 nitrogen and oxygen atoms in total. The number of anilines is 1. The number of ether oxygens (including phenoxy) is 1. The summed E-state index contributed by atoms with van der Waals surface area (Å²) < 4.78 is 5.24. The minimum Gasteiger partial charge on any atom is -0.383 e. The zero-order valence-electron chi connectivity index (χ0n) is 14.9. The predicted octanol–water partition coefficient (Wildman–Crippen LogP) is 1.69. The fourth-order valence-corrected chi connectivity index (χ4v) is 3.94. The second-order valence-corrected chi connectivity index (χ2v) is 7.08. The van der Waals surface area contributed by atoms with Crippen molar-refractivity contribution in [1.82, 2.24) is 9.80 Å². The first kappa shape index (κ1) is 17.2. The van der Waals surface area contributed by atoms with Crippen LogP contribution in [0.15, 0.2) is 30.3 Å². The summed E-state index contributed by atoms with van der Waals surface area (Å²) in [5.74, 6) is 0.846. The third-order valence-electron chi connectivity index (χ3n) is 5.33. The maximum atomic E-state index is 12.8. The molecule has 0 aromatic heterocycles. The van der Waals surface area contributed by atoms with Crippen LogP contribution in [-0.4, -0.2) is 75.2 Å². The predicted molar refractivity (Wildman–Crippen MR) is 96.3 cm³/mol. The van der Waals surface area contributed by atoms with Crippen LogP contribution in [-0.2, 0) is 9.53 Å². The smallest absolute Gasteiger partial charge is 0.242 e. The molecule has 0 N–H and O–H groups in total. The molecular formula is C19H29N3O2. The Morgan fingerprint density at radius 2 is 2.00 bits per heavy atom. The molecule has 1 amide bonds. The van der Waals surface area contributed by atoms with Crippen molar-refractivity contribution in [2.45, 2.75) is 18.9 Å². The van der Waals surface area contributed by atoms with E-state index in [1.165, 1.54) is 12.8 Å². The average molecular weight is 331 g/mol. The Morgan fingerprint density at radius 3 is 2.75 bits per heavy atom. The number of para-hydroxylation sites is 1. The van der Waals surface area contributed by atoms with Crippen molar-refractivity contribution in [3.05, 3.63) is 30.3 Å². The van der Waals surface area contributed by atoms with Gasteiger partial charge in [0.15, 0.2) is 0 Å². The number of carbonyl (C=O) groups excluding carboxylic acids is 1. The van der Waals surface area contributed by atoms with Crippen LogP contribution in [0.2, 0.25) is 0 Å². The van der Waals surface area contributed by atoms with Gasteiger partial charge in [0.2, 0.25) is 5.91 Å². The van der Waals surface area contributed by atoms with Gasteiger partial charge in [0, 0.05) is 52.1 Å². The van der Waals surface area contributed by atoms with Gasteiger partial charge in [0.05, 0.1) is 13.2 Å². The zero-order valence-corrected chi connectivity index (χ0v) is 14.9. The Labute approximate surface area is 145 Å². The number of benzene rings is 1. The number of likely N-dealkylation sites (N-methyl/N-ethyl adjacent to an activating group) is 1. The van der Waals surface area contributed by atoms with Gasteiger partial charge in [-0.15, -0.1) is 0 Å². The molecule has 1 aromatic carbocycles. The summed E-state index contributed by atoms with van der Waals surface area (Å²) in [6.45, 7) is 5.06. The second kappa shape index (κ2) is 7.99. The van der Waals surface area contributed by atoms with Crippen molar-refractivity contribution < 1.29 is 9.53 Å². The van der Waals surface area contributed by atoms with E-state index in [2.05, 4.69) is 9.80 Å². The van der Waals surface area contributed by atoms with E-state index in [-0.39, 0.29) is 5.91 Å². The number of rotatable bonds is 6. The van der Waals surface area contributed by atoms with E-state index in [1.54, 1.807) is 7.11 Å². The number of nitrogens with zero attached hydrogens (tertiary/aromatic N) is 3. The van der Waals surface area contributed by atoms with E-state index in [4.69, 9.17) is 4.74 Å². The van der Waals surface area contributed by atoms with Crippen molar-refractivity contribution in [3.63, 3.8) is 0 Å². The lowest BCUT2D eigenvalue weighted by atomic mass is 9.95. The van der Waals surface area contributed by atoms with Crippen LogP contribution in [0.25, 0.3) is 0 Å². The molecule has 0 unspecified atom stereocenters. The largest absolute Gasteiger partial charge is 0.383 e. The van der Waals surface area contributed by atoms with Crippen LogP contribution >= 0.6 is 0 Å². The first-order chi connectivity index (χ1) is 11.7. The normalized spacial score (nSPS) is 24.0. The number of methoxy groups -OCH3 is 1. The van der Waals surface area contributed by atoms with Gasteiger partial charge >= 0.3 is 0 Å². The average Bonchev–Trinajstić information content (AvgIpc) is 2.92. The Balaban J connectivity index is 1.60. The van der Waals surface area contributed by atoms with Crippen molar-refractivity contribution in [2.24, 2.45) is 5.92 Å². The van der Waals surface area contributed by atoms with Crippen LogP contribution < -0.4 is 4.90 Å². The number of piperidine rings is 1. The highest BCUT2D eigenvalue weighted by atomic mass is 16.5. The SMILES string of the molecule is COCCN1C[C@H]2CC[C@@H]1CN(C(=O)CN(C)c1ccccc1)C2. The molecule has 3 fully saturated rings. The molecule has 3 heterocycles. The highest BCUT2D eigenvalue weighted by Crippen LogP contribution is 2.28. The third-order valence-corrected chi connectivity index (χ3v) is 5.33. The van der Waals surface area contributed by atoms with E-state index in [1.807, 2.05) is 42.3 Å². The molecule has 24 heavy (non-hydrogen) atoms. The molecule has 4 rings (SSSR count). The molecule has 0 spiro atoms. The molecule has 132 valence electrons. The molecule has 3 saturated heterocycles. The van der Waals surface area contributed by atoms with Gasteiger partial charge < -0.3 is 14.5 Å². The van der Waals surface area contributed by atoms with Gasteiger partial charge in [-0.1, -0.05) is 18.2 Å². The minimum absolute atomic E-state index is 0.242. The number of fused-ring (bicyclic) bond motifs is 4. The number of hydrogen-bond acceptors (Lipinski definition) is 4. The molecule has 0 saturated carbocycles. The fraction of sp³-hybridized carbons (Fsp3) is 0.632. The summed E-state index contributed by atoms with van der Waals surface area (Å²) in [6.07, 6.45) is 2.44. The van der Waals surface area contributed by atoms with E-state index in [0.29, 0.717) is 18.5 Å². The molecule has 2 atom stereocenters. The molecule has 0 radical (unpaired) electrons. The maximum Gasteiger partial charge on any atom is 0.242 e. The standard InChI is InChI=1S/C19H29N3O2/c1-20(17-6-4-3-5-7-17)15-19(23)22-13-16-8-9-18(14-22)21(12-16)10-11-24-2/h3-7,16,18H,8-15H2,1-2H3/t16-,18-/m1/s1. The molecule has 2 bridgehead atoms. The monoisotopic (exact) mass is 331 g/mol. The van der Waals surface area contributed by atoms with E-state index in [0.717, 1.165) is 38.5 Å². The van der Waals surface area contributed by atoms with Crippen LogP contribution in [0, 0.1) is 5.92 Å². The van der Waals surface area contributed by atoms with Crippen molar-refractivity contribution in [1.29, 1.82) is 0 Å². The third kappa shape index (κ3) is 4.08. The Bertz CT molecular complexity index is 537. The van der Waals surface area contributed by atoms with Gasteiger partial charge in [-0.3, -0.25) is 9.69 Å². The van der Waals surface area contributed by atoms with Gasteiger partial charge in [0.1, 0.15) is 0 Å². The summed E-state index contributed by atoms with van der Waals surface area (Å²) in [4.78, 5) is 19.5. The maximum absolute atomic E-state index is 12.8. The van der Waals surface area contributed by atoms with Crippen LogP contribution in [0.3, 0.4) is 0 Å². The van der Waals surface area contributed by atoms with Crippen LogP contribution in [0.1, 0.15) is 12.8 Å². The first-order valence-corrected chi connectivity index (χ1v) is 8.94. The lowest BCUT2D eigenvalue weighted by molar-refractivity contribution is -0.130. The number of hydrogen-bond donors (Lipinski definition) is 0. The highest BCUT2D eigenvalue weighted by Gasteiger charge is 2.36. The van der Waals surface area contributed by atoms with E-state index < -0.39 is 0 Å². The summed E-state index contributed by atoms with van der Waals surface area (Å²) in [5, 5.41) is 0. The summed E-state index contributed by atoms with van der Waals surface area (Å²) in [6, 6.07) is 10.6. The molecule has 3 aliphatic rings. The number of amides is 1. The van der Waals surface area contributed by atoms with Crippen LogP contribution in [0.5, 0.6) is 0 Å². The Kier molecular flexibility index (Phi) is 5.74. The second-order valence-electron chi connectivity index (χ2n) is 7.08. The lowest BCUT2D eigenvalue weighted by Crippen LogP contribution is -2.46. The number of carbonyl (C=O) groups is 1. The zero-order chi connectivity index (χ0) is 16.9. The van der Waals surface area contributed by atoms with Crippen molar-refractivity contribution in [3.8, 4) is 0 Å². The molecule has 3 aliphatic heterocycles. The minimum atomic E-state index is 0.242. The van der Waals surface area contributed by atoms with Crippen LogP contribution in [0.4, 0.5) is 5.69 Å². The topological polar surface area (TPSA) is 36.0 Å². The van der Waals surface area contributed by atoms with Gasteiger partial charge in [-0.25, -0.2) is 0 Å². The fourth-order valence-electron chi connectivity index (χ4n) is 3.94. The Hall–Kier alpha value is -1.59. The molecule has 5 heteroatoms. The van der Waals surface area contributed by atoms with Crippen molar-refractivity contribution in [2.75, 3.05) is 58.4 Å². The lowest BCUT2D eigenvalue weighted by Gasteiger charge is -2.35. The van der Waals surface area contributed by atoms with Gasteiger partial charge in [-0.05, 0) is 30.9 Å². The molecular weight excluding hydrogens is 302 g/mol. The quantitative estimate of drug-likeness (QED) is 0.795. The Morgan fingerprint density at radius 1 is 1.21 bits per heavy atom. The summed E-state index contributed by atoms with van der Waals surface area (Å²) >= 11 is 0. The molecule has 0 aliphatic carbocycles. The van der Waals surface area contributed by atoms with Crippen molar-refractivity contribution >= 4 is 11.6 Å². The first-order valence-electron chi connectivity index (χ1n) is 8.94. The van der Waals surface area contributed by atoms with E-state index in [9.17, 15) is 4.79 Å². The molecule has 1 aromatic rings. The highest BCUT2D eigenvalue weighted by molar-refractivity contribution is 5.81. The van der Waals surface area contributed by atoms with Gasteiger partial charge in [-0.2, -0.15) is 0 Å². The van der Waals surface area contributed by atoms with E-state index >= 15 is 0 Å². The van der Waals surface area contributed by atoms with Gasteiger partial charge in [0.25, 0.3) is 0 Å². The summed E-state index contributed by atoms with van der Waals surface area (Å²) in [7, 11) is 3.75. The summed E-state index contributed by atoms with van der Waals surface area (Å²) in [5.41, 5.74) is 1.09.